The van der Waals surface area contributed by atoms with Crippen LogP contribution in [0.3, 0.4) is 0 Å². The number of ether oxygens (including phenoxy) is 5. The third-order valence-electron chi connectivity index (χ3n) is 5.58. The van der Waals surface area contributed by atoms with E-state index in [1.165, 1.54) is 25.1 Å². The van der Waals surface area contributed by atoms with Gasteiger partial charge in [-0.3, -0.25) is 28.8 Å². The summed E-state index contributed by atoms with van der Waals surface area (Å²) in [6.45, 7) is 5.39. The summed E-state index contributed by atoms with van der Waals surface area (Å²) in [5, 5.41) is 10.2. The van der Waals surface area contributed by atoms with Crippen LogP contribution in [0.2, 0.25) is 0 Å². The topological polar surface area (TPSA) is 169 Å². The zero-order valence-corrected chi connectivity index (χ0v) is 22.0. The van der Waals surface area contributed by atoms with Gasteiger partial charge in [-0.2, -0.15) is 0 Å². The Hall–Kier alpha value is -3.71. The van der Waals surface area contributed by atoms with Gasteiger partial charge in [0.15, 0.2) is 24.1 Å². The van der Waals surface area contributed by atoms with Crippen LogP contribution in [-0.4, -0.2) is 77.0 Å². The van der Waals surface area contributed by atoms with Crippen molar-refractivity contribution in [2.45, 2.75) is 64.5 Å². The van der Waals surface area contributed by atoms with E-state index in [1.807, 2.05) is 0 Å². The summed E-state index contributed by atoms with van der Waals surface area (Å²) in [5.41, 5.74) is -1.45. The number of Topliss-reactive ketones (excluding diaryl/α,β-unsaturated/α-hetero) is 2. The Kier molecular flexibility index (Phi) is 8.94. The molecule has 38 heavy (non-hydrogen) atoms. The summed E-state index contributed by atoms with van der Waals surface area (Å²) in [5.74, 6) is -4.58. The molecule has 0 spiro atoms. The van der Waals surface area contributed by atoms with E-state index in [9.17, 15) is 33.9 Å². The van der Waals surface area contributed by atoms with Crippen LogP contribution in [0, 0.1) is 0 Å². The number of allylic oxidation sites excluding steroid dienone is 2. The number of esters is 4. The molecule has 0 aromatic heterocycles. The Labute approximate surface area is 221 Å². The first-order valence-corrected chi connectivity index (χ1v) is 12.3. The maximum absolute atomic E-state index is 13.4. The average molecular weight is 551 g/mol. The first kappa shape index (κ1) is 28.9. The van der Waals surface area contributed by atoms with Gasteiger partial charge in [0.1, 0.15) is 23.9 Å². The molecule has 0 amide bonds. The number of ketones is 2. The van der Waals surface area contributed by atoms with Crippen molar-refractivity contribution in [1.82, 2.24) is 0 Å². The number of hydrogen-bond acceptors (Lipinski definition) is 13. The summed E-state index contributed by atoms with van der Waals surface area (Å²) in [6.07, 6.45) is -5.39. The maximum Gasteiger partial charge on any atom is 0.303 e. The molecule has 1 saturated heterocycles. The predicted molar refractivity (Wildman–Crippen MR) is 129 cm³/mol. The lowest BCUT2D eigenvalue weighted by molar-refractivity contribution is -0.237. The monoisotopic (exact) mass is 550 g/mol. The van der Waals surface area contributed by atoms with Crippen LogP contribution in [0.5, 0.6) is 5.75 Å². The van der Waals surface area contributed by atoms with Gasteiger partial charge in [-0.1, -0.05) is 17.8 Å². The molecule has 1 fully saturated rings. The SMILES string of the molecule is CC(=O)OC[C@H]1O[C@@H](SC2=C(C)C(=O)c3c(O)cccc3C2=O)[C@H](OC(C)=O)[C@@H](OC(C)=O)[C@@H]1OC(C)=O. The van der Waals surface area contributed by atoms with Gasteiger partial charge in [0, 0.05) is 38.8 Å². The molecule has 204 valence electrons. The minimum absolute atomic E-state index is 0.00172. The number of rotatable bonds is 7. The number of phenolic OH excluding ortho intramolecular Hbond substituents is 1. The second-order valence-electron chi connectivity index (χ2n) is 8.50. The first-order valence-electron chi connectivity index (χ1n) is 11.4. The van der Waals surface area contributed by atoms with Crippen LogP contribution >= 0.6 is 11.8 Å². The number of fused-ring (bicyclic) bond motifs is 1. The molecule has 13 heteroatoms. The Morgan fingerprint density at radius 2 is 1.45 bits per heavy atom. The Morgan fingerprint density at radius 3 is 2.03 bits per heavy atom. The van der Waals surface area contributed by atoms with Gasteiger partial charge >= 0.3 is 23.9 Å². The minimum Gasteiger partial charge on any atom is -0.507 e. The van der Waals surface area contributed by atoms with Crippen LogP contribution in [0.25, 0.3) is 0 Å². The van der Waals surface area contributed by atoms with Crippen LogP contribution in [-0.2, 0) is 42.9 Å². The predicted octanol–water partition coefficient (Wildman–Crippen LogP) is 1.86. The molecule has 0 saturated carbocycles. The van der Waals surface area contributed by atoms with Crippen LogP contribution in [0.1, 0.15) is 55.3 Å². The molecule has 1 N–H and O–H groups in total. The van der Waals surface area contributed by atoms with Gasteiger partial charge in [-0.25, -0.2) is 0 Å². The molecule has 0 unspecified atom stereocenters. The normalized spacial score (nSPS) is 24.8. The van der Waals surface area contributed by atoms with Gasteiger partial charge in [0.2, 0.25) is 5.78 Å². The number of carbonyl (C=O) groups is 6. The second-order valence-corrected chi connectivity index (χ2v) is 9.61. The van der Waals surface area contributed by atoms with Crippen molar-refractivity contribution < 1.29 is 57.6 Å². The molecule has 1 aromatic carbocycles. The summed E-state index contributed by atoms with van der Waals surface area (Å²) < 4.78 is 27.2. The second kappa shape index (κ2) is 11.8. The summed E-state index contributed by atoms with van der Waals surface area (Å²) in [4.78, 5) is 73.7. The Bertz CT molecular complexity index is 1220. The highest BCUT2D eigenvalue weighted by Gasteiger charge is 2.53. The van der Waals surface area contributed by atoms with Crippen LogP contribution < -0.4 is 0 Å². The summed E-state index contributed by atoms with van der Waals surface area (Å²) in [6, 6.07) is 4.08. The number of aromatic hydroxyl groups is 1. The minimum atomic E-state index is -1.42. The molecule has 3 rings (SSSR count). The lowest BCUT2D eigenvalue weighted by atomic mass is 9.89. The number of hydrogen-bond donors (Lipinski definition) is 1. The van der Waals surface area contributed by atoms with Gasteiger partial charge in [0.25, 0.3) is 0 Å². The number of benzene rings is 1. The molecule has 1 aliphatic carbocycles. The van der Waals surface area contributed by atoms with Gasteiger partial charge in [-0.05, 0) is 19.1 Å². The fraction of sp³-hybridized carbons (Fsp3) is 0.440. The average Bonchev–Trinajstić information content (AvgIpc) is 2.81. The highest BCUT2D eigenvalue weighted by molar-refractivity contribution is 8.04. The van der Waals surface area contributed by atoms with E-state index >= 15 is 0 Å². The van der Waals surface area contributed by atoms with Crippen molar-refractivity contribution >= 4 is 47.2 Å². The van der Waals surface area contributed by atoms with Crippen molar-refractivity contribution in [1.29, 1.82) is 0 Å². The third-order valence-corrected chi connectivity index (χ3v) is 6.92. The van der Waals surface area contributed by atoms with Crippen molar-refractivity contribution in [3.63, 3.8) is 0 Å². The van der Waals surface area contributed by atoms with E-state index in [0.717, 1.165) is 39.5 Å². The number of phenols is 1. The highest BCUT2D eigenvalue weighted by Crippen LogP contribution is 2.42. The molecule has 2 aliphatic rings. The van der Waals surface area contributed by atoms with Crippen LogP contribution in [0.15, 0.2) is 28.7 Å². The molecule has 1 heterocycles. The smallest absolute Gasteiger partial charge is 0.303 e. The fourth-order valence-corrected chi connectivity index (χ4v) is 5.35. The van der Waals surface area contributed by atoms with Gasteiger partial charge in [-0.15, -0.1) is 0 Å². The first-order chi connectivity index (χ1) is 17.8. The lowest BCUT2D eigenvalue weighted by Crippen LogP contribution is -2.61. The molecular formula is C25H26O12S. The Morgan fingerprint density at radius 1 is 0.868 bits per heavy atom. The van der Waals surface area contributed by atoms with Crippen molar-refractivity contribution in [3.8, 4) is 5.75 Å². The van der Waals surface area contributed by atoms with E-state index in [0.29, 0.717) is 0 Å². The quantitative estimate of drug-likeness (QED) is 0.386. The molecule has 1 aliphatic heterocycles. The summed E-state index contributed by atoms with van der Waals surface area (Å²) >= 11 is 0.727. The third kappa shape index (κ3) is 6.22. The van der Waals surface area contributed by atoms with E-state index in [-0.39, 0.29) is 27.4 Å². The molecule has 5 atom stereocenters. The molecule has 0 bridgehead atoms. The summed E-state index contributed by atoms with van der Waals surface area (Å²) in [7, 11) is 0. The largest absolute Gasteiger partial charge is 0.507 e. The lowest BCUT2D eigenvalue weighted by Gasteiger charge is -2.44. The maximum atomic E-state index is 13.4. The molecule has 1 aromatic rings. The number of thioether (sulfide) groups is 1. The van der Waals surface area contributed by atoms with Crippen LogP contribution in [0.4, 0.5) is 0 Å². The highest BCUT2D eigenvalue weighted by atomic mass is 32.2. The molecular weight excluding hydrogens is 524 g/mol. The Balaban J connectivity index is 2.07. The van der Waals surface area contributed by atoms with Crippen molar-refractivity contribution in [2.75, 3.05) is 6.61 Å². The standard InChI is InChI=1S/C25H26O12S/c1-10-19(31)18-15(7-6-8-16(18)30)20(32)24(10)38-25-23(36-14(5)29)22(35-13(4)28)21(34-12(3)27)17(37-25)9-33-11(2)26/h6-8,17,21-23,25,30H,9H2,1-5H3/t17-,21-,22+,23-,25+/m1/s1. The van der Waals surface area contributed by atoms with E-state index in [4.69, 9.17) is 23.7 Å². The fourth-order valence-electron chi connectivity index (χ4n) is 4.09. The van der Waals surface area contributed by atoms with Gasteiger partial charge in [0.05, 0.1) is 10.5 Å². The molecule has 0 radical (unpaired) electrons. The zero-order chi connectivity index (χ0) is 28.3. The molecule has 12 nitrogen and oxygen atoms in total. The van der Waals surface area contributed by atoms with Crippen molar-refractivity contribution in [2.24, 2.45) is 0 Å². The van der Waals surface area contributed by atoms with E-state index in [1.54, 1.807) is 0 Å². The zero-order valence-electron chi connectivity index (χ0n) is 21.2. The van der Waals surface area contributed by atoms with Gasteiger partial charge < -0.3 is 28.8 Å². The van der Waals surface area contributed by atoms with Crippen molar-refractivity contribution in [3.05, 3.63) is 39.8 Å². The van der Waals surface area contributed by atoms with E-state index in [2.05, 4.69) is 0 Å². The van der Waals surface area contributed by atoms with E-state index < -0.39 is 71.9 Å². The number of carbonyl (C=O) groups excluding carboxylic acids is 6.